The fourth-order valence-corrected chi connectivity index (χ4v) is 10.4. The van der Waals surface area contributed by atoms with Gasteiger partial charge in [-0.2, -0.15) is 24.3 Å². The van der Waals surface area contributed by atoms with E-state index >= 15 is 0 Å². The number of ether oxygens (including phenoxy) is 1. The summed E-state index contributed by atoms with van der Waals surface area (Å²) in [6.07, 6.45) is 7.56. The summed E-state index contributed by atoms with van der Waals surface area (Å²) in [7, 11) is 0. The maximum atomic E-state index is 6.68. The van der Waals surface area contributed by atoms with Crippen molar-refractivity contribution in [3.8, 4) is 101 Å². The van der Waals surface area contributed by atoms with Crippen molar-refractivity contribution in [1.29, 1.82) is 0 Å². The first kappa shape index (κ1) is 39.9. The van der Waals surface area contributed by atoms with Crippen molar-refractivity contribution in [2.45, 2.75) is 0 Å². The number of aromatic nitrogens is 4. The van der Waals surface area contributed by atoms with E-state index in [0.29, 0.717) is 11.5 Å². The maximum Gasteiger partial charge on any atom is 4.00 e. The predicted molar refractivity (Wildman–Crippen MR) is 265 cm³/mol. The van der Waals surface area contributed by atoms with E-state index < -0.39 is 0 Å². The van der Waals surface area contributed by atoms with Crippen LogP contribution in [0.25, 0.3) is 112 Å². The Kier molecular flexibility index (Phi) is 9.35. The molecule has 0 fully saturated rings. The van der Waals surface area contributed by atoms with Gasteiger partial charge in [-0.15, -0.1) is 24.3 Å². The minimum atomic E-state index is 0. The summed E-state index contributed by atoms with van der Waals surface area (Å²) in [6.45, 7) is 0. The number of imidazole rings is 2. The van der Waals surface area contributed by atoms with Crippen LogP contribution in [0.1, 0.15) is 0 Å². The third-order valence-corrected chi connectivity index (χ3v) is 13.3. The molecule has 0 N–H and O–H groups in total. The van der Waals surface area contributed by atoms with Crippen LogP contribution in [0.2, 0.25) is 0 Å². The molecular formula is C62H36N4OPt+2. The molecule has 0 radical (unpaired) electrons. The van der Waals surface area contributed by atoms with E-state index in [9.17, 15) is 0 Å². The van der Waals surface area contributed by atoms with Crippen molar-refractivity contribution in [1.82, 2.24) is 9.13 Å². The van der Waals surface area contributed by atoms with Gasteiger partial charge in [0.2, 0.25) is 0 Å². The van der Waals surface area contributed by atoms with Crippen LogP contribution in [0.3, 0.4) is 0 Å². The number of hydrogen-bond donors (Lipinski definition) is 0. The molecule has 5 nitrogen and oxygen atoms in total. The Hall–Kier alpha value is -8.37. The molecule has 2 aromatic heterocycles. The molecule has 0 aliphatic carbocycles. The van der Waals surface area contributed by atoms with E-state index in [-0.39, 0.29) is 21.1 Å². The molecule has 0 saturated carbocycles. The van der Waals surface area contributed by atoms with Gasteiger partial charge in [0.1, 0.15) is 0 Å². The smallest absolute Gasteiger partial charge is 0.510 e. The van der Waals surface area contributed by atoms with Crippen molar-refractivity contribution < 1.29 is 34.9 Å². The van der Waals surface area contributed by atoms with Crippen molar-refractivity contribution in [2.75, 3.05) is 0 Å². The normalized spacial score (nSPS) is 11.7. The van der Waals surface area contributed by atoms with Crippen molar-refractivity contribution in [2.24, 2.45) is 0 Å². The molecule has 12 aromatic rings. The van der Waals surface area contributed by atoms with Crippen LogP contribution >= 0.6 is 0 Å². The van der Waals surface area contributed by atoms with Gasteiger partial charge in [0.15, 0.2) is 0 Å². The average Bonchev–Trinajstić information content (AvgIpc) is 4.00. The molecule has 0 unspecified atom stereocenters. The van der Waals surface area contributed by atoms with E-state index in [0.717, 1.165) is 67.1 Å². The fourth-order valence-electron chi connectivity index (χ4n) is 10.4. The SMILES string of the molecule is [Pt+4].[c-]1c(Oc2[c-]c(-n3[c-][n+]4c5c(cccc53)-c3ccccc3-c3ccccc3-c3ccccc3-4)ccc2)cccc1-n1[c-][n+]2c3c(cccc31)-c1ccccc1-c1ccccc1-c1ccccc1-2. The number of para-hydroxylation sites is 4. The molecule has 14 rings (SSSR count). The molecule has 4 heterocycles. The van der Waals surface area contributed by atoms with Crippen LogP contribution in [0.4, 0.5) is 0 Å². The second-order valence-electron chi connectivity index (χ2n) is 17.0. The largest absolute Gasteiger partial charge is 4.00 e. The zero-order chi connectivity index (χ0) is 44.0. The van der Waals surface area contributed by atoms with Crippen LogP contribution in [0, 0.1) is 24.8 Å². The molecule has 318 valence electrons. The monoisotopic (exact) mass is 1050 g/mol. The molecular weight excluding hydrogens is 1010 g/mol. The quantitative estimate of drug-likeness (QED) is 0.127. The zero-order valence-electron chi connectivity index (χ0n) is 36.3. The van der Waals surface area contributed by atoms with Crippen molar-refractivity contribution >= 4 is 22.1 Å². The minimum absolute atomic E-state index is 0. The first-order valence-corrected chi connectivity index (χ1v) is 22.5. The Bertz CT molecular complexity index is 3730. The number of fused-ring (bicyclic) bond motifs is 14. The second-order valence-corrected chi connectivity index (χ2v) is 17.0. The summed E-state index contributed by atoms with van der Waals surface area (Å²) < 4.78 is 15.3. The van der Waals surface area contributed by atoms with E-state index in [1.165, 1.54) is 44.5 Å². The molecule has 0 spiro atoms. The molecule has 0 amide bonds. The van der Waals surface area contributed by atoms with Crippen LogP contribution in [0.15, 0.2) is 218 Å². The average molecular weight is 1050 g/mol. The summed E-state index contributed by atoms with van der Waals surface area (Å²) in [6, 6.07) is 84.3. The Morgan fingerprint density at radius 2 is 0.588 bits per heavy atom. The van der Waals surface area contributed by atoms with E-state index in [2.05, 4.69) is 237 Å². The van der Waals surface area contributed by atoms with Gasteiger partial charge in [0, 0.05) is 11.5 Å². The van der Waals surface area contributed by atoms with Crippen molar-refractivity contribution in [3.05, 3.63) is 243 Å². The zero-order valence-corrected chi connectivity index (χ0v) is 38.6. The fraction of sp³-hybridized carbons (Fsp3) is 0. The molecule has 2 aliphatic rings. The molecule has 10 aromatic carbocycles. The van der Waals surface area contributed by atoms with Crippen LogP contribution < -0.4 is 13.9 Å². The van der Waals surface area contributed by atoms with E-state index in [4.69, 9.17) is 4.74 Å². The van der Waals surface area contributed by atoms with Crippen LogP contribution in [-0.4, -0.2) is 9.13 Å². The first-order chi connectivity index (χ1) is 33.2. The van der Waals surface area contributed by atoms with Gasteiger partial charge >= 0.3 is 21.1 Å². The standard InChI is InChI=1S/C62H36N4O.Pt/c1-5-25-49-45(21-1)47-23-3-7-27-51(47)55-31-15-35-59-61(55)65(57-33-11-9-29-53(49)57)39-63(59)41-17-13-19-43(37-41)67-44-20-14-18-42(38-44)64-40-66-58-34-12-10-30-54(58)50-26-6-2-22-46(50)48-24-4-8-28-52(48)56-32-16-36-60(64)62(56)66;/h1-36H;/q-2;+4. The van der Waals surface area contributed by atoms with Gasteiger partial charge in [0.05, 0.1) is 33.4 Å². The van der Waals surface area contributed by atoms with Crippen molar-refractivity contribution in [3.63, 3.8) is 0 Å². The summed E-state index contributed by atoms with van der Waals surface area (Å²) in [5.74, 6) is 1.13. The van der Waals surface area contributed by atoms with E-state index in [1.807, 2.05) is 24.3 Å². The predicted octanol–water partition coefficient (Wildman–Crippen LogP) is 13.7. The Morgan fingerprint density at radius 1 is 0.294 bits per heavy atom. The Balaban J connectivity index is 0.00000457. The maximum absolute atomic E-state index is 6.68. The topological polar surface area (TPSA) is 26.8 Å². The number of hydrogen-bond acceptors (Lipinski definition) is 1. The van der Waals surface area contributed by atoms with Gasteiger partial charge in [-0.1, -0.05) is 170 Å². The van der Waals surface area contributed by atoms with Crippen LogP contribution in [-0.2, 0) is 21.1 Å². The van der Waals surface area contributed by atoms with Gasteiger partial charge in [-0.3, -0.25) is 9.13 Å². The number of nitrogens with zero attached hydrogens (tertiary/aromatic N) is 4. The third-order valence-electron chi connectivity index (χ3n) is 13.3. The Labute approximate surface area is 407 Å². The molecule has 0 atom stereocenters. The summed E-state index contributed by atoms with van der Waals surface area (Å²) >= 11 is 0. The Morgan fingerprint density at radius 3 is 0.971 bits per heavy atom. The van der Waals surface area contributed by atoms with Gasteiger partial charge < -0.3 is 13.9 Å². The van der Waals surface area contributed by atoms with Gasteiger partial charge in [-0.05, 0) is 90.3 Å². The summed E-state index contributed by atoms with van der Waals surface area (Å²) in [5, 5.41) is 0. The summed E-state index contributed by atoms with van der Waals surface area (Å²) in [5.41, 5.74) is 21.9. The second kappa shape index (κ2) is 15.9. The van der Waals surface area contributed by atoms with E-state index in [1.54, 1.807) is 0 Å². The molecule has 2 aliphatic heterocycles. The molecule has 6 heteroatoms. The third kappa shape index (κ3) is 6.13. The number of rotatable bonds is 4. The summed E-state index contributed by atoms with van der Waals surface area (Å²) in [4.78, 5) is 0. The molecule has 68 heavy (non-hydrogen) atoms. The minimum Gasteiger partial charge on any atom is -0.510 e. The number of benzene rings is 10. The van der Waals surface area contributed by atoms with Gasteiger partial charge in [0.25, 0.3) is 12.7 Å². The van der Waals surface area contributed by atoms with Gasteiger partial charge in [-0.25, -0.2) is 0 Å². The first-order valence-electron chi connectivity index (χ1n) is 22.5. The van der Waals surface area contributed by atoms with Crippen LogP contribution in [0.5, 0.6) is 11.5 Å². The molecule has 0 bridgehead atoms. The molecule has 0 saturated heterocycles.